The van der Waals surface area contributed by atoms with E-state index in [0.29, 0.717) is 24.9 Å². The molecule has 0 spiro atoms. The summed E-state index contributed by atoms with van der Waals surface area (Å²) in [6.07, 6.45) is 5.02. The number of amides is 1. The average Bonchev–Trinajstić information content (AvgIpc) is 3.28. The fraction of sp³-hybridized carbons (Fsp3) is 0.800. The molecule has 0 saturated carbocycles. The number of carbonyl (C=O) groups is 1. The zero-order valence-corrected chi connectivity index (χ0v) is 20.8. The van der Waals surface area contributed by atoms with Gasteiger partial charge < -0.3 is 20.5 Å². The number of nitrogens with one attached hydrogen (secondary N) is 1. The summed E-state index contributed by atoms with van der Waals surface area (Å²) in [4.78, 5) is 21.1. The maximum Gasteiger partial charge on any atom is 0.217 e. The van der Waals surface area contributed by atoms with Gasteiger partial charge in [0, 0.05) is 39.1 Å². The van der Waals surface area contributed by atoms with Crippen LogP contribution in [0, 0.1) is 12.8 Å². The molecule has 0 bridgehead atoms. The quantitative estimate of drug-likeness (QED) is 0.311. The monoisotopic (exact) mass is 532 g/mol. The summed E-state index contributed by atoms with van der Waals surface area (Å²) in [5, 5.41) is 12.0. The van der Waals surface area contributed by atoms with Crippen LogP contribution < -0.4 is 11.1 Å². The van der Waals surface area contributed by atoms with E-state index in [4.69, 9.17) is 10.7 Å². The van der Waals surface area contributed by atoms with Crippen LogP contribution in [0.15, 0.2) is 4.99 Å². The van der Waals surface area contributed by atoms with Gasteiger partial charge in [-0.3, -0.25) is 9.69 Å². The van der Waals surface area contributed by atoms with Gasteiger partial charge >= 0.3 is 0 Å². The number of nitrogens with zero attached hydrogens (tertiary/aromatic N) is 6. The van der Waals surface area contributed by atoms with E-state index < -0.39 is 0 Å². The molecule has 1 amide bonds. The number of nitrogens with two attached hydrogens (primary N) is 1. The first-order valence-corrected chi connectivity index (χ1v) is 10.9. The number of halogens is 1. The van der Waals surface area contributed by atoms with Crippen LogP contribution in [0.3, 0.4) is 0 Å². The van der Waals surface area contributed by atoms with Crippen LogP contribution in [0.2, 0.25) is 0 Å². The largest absolute Gasteiger partial charge is 0.370 e. The molecular weight excluding hydrogens is 495 g/mol. The molecule has 9 nitrogen and oxygen atoms in total. The van der Waals surface area contributed by atoms with E-state index in [2.05, 4.69) is 32.2 Å². The van der Waals surface area contributed by atoms with Crippen LogP contribution in [0.1, 0.15) is 50.7 Å². The number of likely N-dealkylation sites (N-methyl/N-ethyl adjacent to an activating group) is 1. The predicted molar refractivity (Wildman–Crippen MR) is 129 cm³/mol. The van der Waals surface area contributed by atoms with Gasteiger partial charge in [-0.1, -0.05) is 6.92 Å². The Kier molecular flexibility index (Phi) is 9.79. The zero-order valence-electron chi connectivity index (χ0n) is 18.5. The van der Waals surface area contributed by atoms with Crippen LogP contribution in [0.5, 0.6) is 0 Å². The van der Waals surface area contributed by atoms with Gasteiger partial charge in [0.05, 0.1) is 0 Å². The van der Waals surface area contributed by atoms with Gasteiger partial charge in [0.2, 0.25) is 5.91 Å². The van der Waals surface area contributed by atoms with Crippen molar-refractivity contribution in [3.8, 4) is 0 Å². The van der Waals surface area contributed by atoms with Crippen molar-refractivity contribution in [1.82, 2.24) is 29.9 Å². The molecule has 3 heterocycles. The van der Waals surface area contributed by atoms with Gasteiger partial charge in [-0.2, -0.15) is 0 Å². The first-order chi connectivity index (χ1) is 14.0. The summed E-state index contributed by atoms with van der Waals surface area (Å²) in [7, 11) is 1.97. The number of hydrogen-bond acceptors (Lipinski definition) is 5. The molecule has 3 rings (SSSR count). The molecular formula is C20H37IN8O. The van der Waals surface area contributed by atoms with Crippen molar-refractivity contribution in [2.24, 2.45) is 23.7 Å². The summed E-state index contributed by atoms with van der Waals surface area (Å²) in [6, 6.07) is 0.550. The number of hydrogen-bond donors (Lipinski definition) is 2. The molecule has 2 saturated heterocycles. The van der Waals surface area contributed by atoms with Gasteiger partial charge in [0.15, 0.2) is 11.8 Å². The summed E-state index contributed by atoms with van der Waals surface area (Å²) in [5.74, 6) is 2.71. The van der Waals surface area contributed by atoms with Crippen molar-refractivity contribution >= 4 is 35.8 Å². The van der Waals surface area contributed by atoms with E-state index in [9.17, 15) is 4.79 Å². The molecule has 30 heavy (non-hydrogen) atoms. The fourth-order valence-corrected chi connectivity index (χ4v) is 4.46. The van der Waals surface area contributed by atoms with Crippen LogP contribution in [-0.2, 0) is 18.4 Å². The number of primary amides is 1. The molecule has 0 radical (unpaired) electrons. The second-order valence-electron chi connectivity index (χ2n) is 8.29. The highest BCUT2D eigenvalue weighted by atomic mass is 127. The van der Waals surface area contributed by atoms with Crippen molar-refractivity contribution in [1.29, 1.82) is 0 Å². The van der Waals surface area contributed by atoms with Crippen LogP contribution in [-0.4, -0.2) is 75.2 Å². The number of aryl methyl sites for hydroxylation is 1. The topological polar surface area (TPSA) is 105 Å². The Balaban J connectivity index is 0.00000320. The average molecular weight is 532 g/mol. The Labute approximate surface area is 196 Å². The minimum Gasteiger partial charge on any atom is -0.370 e. The van der Waals surface area contributed by atoms with Crippen molar-refractivity contribution in [2.75, 3.05) is 32.7 Å². The third-order valence-corrected chi connectivity index (χ3v) is 6.26. The minimum absolute atomic E-state index is 0. The molecule has 2 unspecified atom stereocenters. The molecule has 0 aliphatic carbocycles. The lowest BCUT2D eigenvalue weighted by molar-refractivity contribution is -0.119. The molecule has 170 valence electrons. The van der Waals surface area contributed by atoms with Gasteiger partial charge in [0.1, 0.15) is 12.4 Å². The lowest BCUT2D eigenvalue weighted by Gasteiger charge is -2.35. The van der Waals surface area contributed by atoms with E-state index in [1.807, 2.05) is 18.5 Å². The Morgan fingerprint density at radius 1 is 1.27 bits per heavy atom. The molecule has 2 atom stereocenters. The van der Waals surface area contributed by atoms with E-state index in [1.165, 1.54) is 19.4 Å². The third-order valence-electron chi connectivity index (χ3n) is 6.26. The highest BCUT2D eigenvalue weighted by molar-refractivity contribution is 14.0. The fourth-order valence-electron chi connectivity index (χ4n) is 4.46. The predicted octanol–water partition coefficient (Wildman–Crippen LogP) is 1.26. The van der Waals surface area contributed by atoms with Gasteiger partial charge in [-0.25, -0.2) is 4.99 Å². The molecule has 1 aromatic heterocycles. The molecule has 0 aromatic carbocycles. The standard InChI is InChI=1S/C20H36N8O.HI/c1-4-27-9-6-8-17(27)12-22-20(23-13-19-25-24-15(2)26(19)3)28-10-5-7-16(14-28)11-18(21)29;/h16-17H,4-14H2,1-3H3,(H2,21,29)(H,22,23);1H. The van der Waals surface area contributed by atoms with Crippen LogP contribution >= 0.6 is 24.0 Å². The third kappa shape index (κ3) is 6.53. The molecule has 1 aromatic rings. The number of aliphatic imine (C=N–C) groups is 1. The van der Waals surface area contributed by atoms with Crippen molar-refractivity contribution in [3.63, 3.8) is 0 Å². The van der Waals surface area contributed by atoms with Crippen molar-refractivity contribution < 1.29 is 4.79 Å². The Morgan fingerprint density at radius 3 is 2.70 bits per heavy atom. The molecule has 2 aliphatic rings. The Hall–Kier alpha value is -1.43. The summed E-state index contributed by atoms with van der Waals surface area (Å²) >= 11 is 0. The van der Waals surface area contributed by atoms with E-state index >= 15 is 0 Å². The van der Waals surface area contributed by atoms with Crippen molar-refractivity contribution in [3.05, 3.63) is 11.6 Å². The van der Waals surface area contributed by atoms with Crippen molar-refractivity contribution in [2.45, 2.75) is 58.5 Å². The maximum absolute atomic E-state index is 11.4. The normalized spacial score (nSPS) is 22.8. The number of aromatic nitrogens is 3. The number of carbonyl (C=O) groups excluding carboxylic acids is 1. The van der Waals surface area contributed by atoms with E-state index in [-0.39, 0.29) is 29.9 Å². The summed E-state index contributed by atoms with van der Waals surface area (Å²) in [6.45, 7) is 9.57. The second-order valence-corrected chi connectivity index (χ2v) is 8.29. The highest BCUT2D eigenvalue weighted by Gasteiger charge is 2.26. The second kappa shape index (κ2) is 11.8. The zero-order chi connectivity index (χ0) is 20.8. The van der Waals surface area contributed by atoms with Crippen LogP contribution in [0.4, 0.5) is 0 Å². The first kappa shape index (κ1) is 24.8. The molecule has 3 N–H and O–H groups in total. The van der Waals surface area contributed by atoms with Gasteiger partial charge in [-0.15, -0.1) is 34.2 Å². The van der Waals surface area contributed by atoms with E-state index in [1.54, 1.807) is 0 Å². The lowest BCUT2D eigenvalue weighted by Crippen LogP contribution is -2.50. The Morgan fingerprint density at radius 2 is 2.03 bits per heavy atom. The molecule has 2 aliphatic heterocycles. The minimum atomic E-state index is -0.220. The highest BCUT2D eigenvalue weighted by Crippen LogP contribution is 2.20. The lowest BCUT2D eigenvalue weighted by atomic mass is 9.95. The number of guanidine groups is 1. The smallest absolute Gasteiger partial charge is 0.217 e. The van der Waals surface area contributed by atoms with Gasteiger partial charge in [0.25, 0.3) is 0 Å². The number of piperidine rings is 1. The summed E-state index contributed by atoms with van der Waals surface area (Å²) in [5.41, 5.74) is 5.44. The summed E-state index contributed by atoms with van der Waals surface area (Å²) < 4.78 is 1.98. The maximum atomic E-state index is 11.4. The SMILES string of the molecule is CCN1CCCC1CNC(=NCc1nnc(C)n1C)N1CCCC(CC(N)=O)C1.I. The van der Waals surface area contributed by atoms with E-state index in [0.717, 1.165) is 56.6 Å². The Bertz CT molecular complexity index is 722. The molecule has 10 heteroatoms. The number of likely N-dealkylation sites (tertiary alicyclic amines) is 2. The van der Waals surface area contributed by atoms with Crippen LogP contribution in [0.25, 0.3) is 0 Å². The number of rotatable bonds is 7. The van der Waals surface area contributed by atoms with Gasteiger partial charge in [-0.05, 0) is 51.6 Å². The molecule has 2 fully saturated rings. The first-order valence-electron chi connectivity index (χ1n) is 10.9.